The van der Waals surface area contributed by atoms with Crippen molar-refractivity contribution in [3.05, 3.63) is 65.4 Å². The second-order valence-electron chi connectivity index (χ2n) is 10.9. The fraction of sp³-hybridized carbons (Fsp3) is 0.400. The molecule has 2 fully saturated rings. The van der Waals surface area contributed by atoms with Crippen LogP contribution in [0.25, 0.3) is 22.4 Å². The highest BCUT2D eigenvalue weighted by molar-refractivity contribution is 7.91. The SMILES string of the molecule is CCN1CCN(c2ccc(Nc3nc4ccnc(-c5cc(F)c(CN6CCS(=O)(=O)CC6)c(F)c5)c4o3)cc2C)CC1. The molecule has 2 aliphatic heterocycles. The van der Waals surface area contributed by atoms with Crippen molar-refractivity contribution >= 4 is 38.3 Å². The van der Waals surface area contributed by atoms with Gasteiger partial charge in [0.1, 0.15) is 22.8 Å². The monoisotopic (exact) mass is 596 g/mol. The molecule has 1 N–H and O–H groups in total. The van der Waals surface area contributed by atoms with Gasteiger partial charge >= 0.3 is 0 Å². The second-order valence-corrected chi connectivity index (χ2v) is 13.2. The Hall–Kier alpha value is -3.61. The third kappa shape index (κ3) is 5.97. The van der Waals surface area contributed by atoms with Gasteiger partial charge in [-0.25, -0.2) is 17.2 Å². The molecule has 0 bridgehead atoms. The van der Waals surface area contributed by atoms with Gasteiger partial charge in [0.2, 0.25) is 0 Å². The van der Waals surface area contributed by atoms with Crippen molar-refractivity contribution in [1.29, 1.82) is 0 Å². The lowest BCUT2D eigenvalue weighted by molar-refractivity contribution is 0.271. The molecule has 9 nitrogen and oxygen atoms in total. The largest absolute Gasteiger partial charge is 0.421 e. The zero-order valence-electron chi connectivity index (χ0n) is 23.7. The van der Waals surface area contributed by atoms with Crippen LogP contribution in [0.5, 0.6) is 0 Å². The number of oxazole rings is 1. The van der Waals surface area contributed by atoms with E-state index in [1.165, 1.54) is 24.0 Å². The molecule has 2 aromatic carbocycles. The molecule has 0 amide bonds. The molecule has 2 aliphatic rings. The van der Waals surface area contributed by atoms with Crippen LogP contribution in [-0.2, 0) is 16.4 Å². The lowest BCUT2D eigenvalue weighted by atomic mass is 10.1. The van der Waals surface area contributed by atoms with Crippen LogP contribution in [0.1, 0.15) is 18.1 Å². The summed E-state index contributed by atoms with van der Waals surface area (Å²) in [4.78, 5) is 15.5. The first-order valence-electron chi connectivity index (χ1n) is 14.2. The first kappa shape index (κ1) is 28.5. The Kier molecular flexibility index (Phi) is 7.86. The quantitative estimate of drug-likeness (QED) is 0.329. The van der Waals surface area contributed by atoms with Crippen molar-refractivity contribution in [2.24, 2.45) is 0 Å². The maximum atomic E-state index is 15.2. The van der Waals surface area contributed by atoms with Crippen LogP contribution in [0.2, 0.25) is 0 Å². The number of fused-ring (bicyclic) bond motifs is 1. The summed E-state index contributed by atoms with van der Waals surface area (Å²) in [5, 5.41) is 3.21. The molecule has 0 radical (unpaired) electrons. The van der Waals surface area contributed by atoms with Crippen molar-refractivity contribution < 1.29 is 21.6 Å². The molecule has 6 rings (SSSR count). The van der Waals surface area contributed by atoms with Crippen molar-refractivity contribution in [3.63, 3.8) is 0 Å². The van der Waals surface area contributed by atoms with Gasteiger partial charge in [-0.05, 0) is 55.4 Å². The maximum Gasteiger partial charge on any atom is 0.300 e. The predicted octanol–water partition coefficient (Wildman–Crippen LogP) is 4.59. The highest BCUT2D eigenvalue weighted by atomic mass is 32.2. The van der Waals surface area contributed by atoms with Crippen LogP contribution in [0.15, 0.2) is 47.0 Å². The van der Waals surface area contributed by atoms with Crippen molar-refractivity contribution in [1.82, 2.24) is 19.8 Å². The number of aromatic nitrogens is 2. The molecule has 4 heterocycles. The number of likely N-dealkylation sites (N-methyl/N-ethyl adjacent to an activating group) is 1. The Balaban J connectivity index is 1.20. The lowest BCUT2D eigenvalue weighted by Gasteiger charge is -2.36. The number of piperazine rings is 1. The van der Waals surface area contributed by atoms with Gasteiger partial charge in [-0.3, -0.25) is 9.88 Å². The summed E-state index contributed by atoms with van der Waals surface area (Å²) >= 11 is 0. The van der Waals surface area contributed by atoms with Gasteiger partial charge in [-0.15, -0.1) is 0 Å². The van der Waals surface area contributed by atoms with E-state index in [1.54, 1.807) is 11.0 Å². The summed E-state index contributed by atoms with van der Waals surface area (Å²) in [7, 11) is -3.08. The lowest BCUT2D eigenvalue weighted by Crippen LogP contribution is -2.46. The number of benzene rings is 2. The van der Waals surface area contributed by atoms with Gasteiger partial charge in [0.15, 0.2) is 15.4 Å². The van der Waals surface area contributed by atoms with E-state index < -0.39 is 21.5 Å². The minimum Gasteiger partial charge on any atom is -0.421 e. The molecular weight excluding hydrogens is 562 g/mol. The number of hydrogen-bond acceptors (Lipinski definition) is 9. The number of anilines is 3. The first-order valence-corrected chi connectivity index (χ1v) is 16.0. The van der Waals surface area contributed by atoms with Gasteiger partial charge in [0, 0.05) is 74.5 Å². The average Bonchev–Trinajstić information content (AvgIpc) is 3.38. The minimum absolute atomic E-state index is 0.00533. The third-order valence-corrected chi connectivity index (χ3v) is 9.76. The van der Waals surface area contributed by atoms with Gasteiger partial charge < -0.3 is 19.5 Å². The van der Waals surface area contributed by atoms with E-state index >= 15 is 8.78 Å². The van der Waals surface area contributed by atoms with Gasteiger partial charge in [0.05, 0.1) is 11.5 Å². The number of nitrogens with one attached hydrogen (secondary N) is 1. The van der Waals surface area contributed by atoms with Gasteiger partial charge in [-0.1, -0.05) is 6.92 Å². The van der Waals surface area contributed by atoms with Gasteiger partial charge in [0.25, 0.3) is 6.01 Å². The normalized spacial score (nSPS) is 18.0. The van der Waals surface area contributed by atoms with Crippen molar-refractivity contribution in [3.8, 4) is 11.3 Å². The van der Waals surface area contributed by atoms with E-state index in [4.69, 9.17) is 4.42 Å². The Bertz CT molecular complexity index is 1680. The van der Waals surface area contributed by atoms with E-state index in [1.807, 2.05) is 6.07 Å². The standard InChI is InChI=1S/C30H34F2N6O3S/c1-3-36-8-10-38(11-9-36)27-5-4-22(16-20(27)2)34-30-35-26-6-7-33-28(29(26)41-30)21-17-24(31)23(25(32)18-21)19-37-12-14-42(39,40)15-13-37/h4-7,16-18H,3,8-15,19H2,1-2H3,(H,34,35). The van der Waals surface area contributed by atoms with Crippen LogP contribution >= 0.6 is 0 Å². The first-order chi connectivity index (χ1) is 20.2. The fourth-order valence-corrected chi connectivity index (χ4v) is 6.93. The number of halogens is 2. The maximum absolute atomic E-state index is 15.2. The summed E-state index contributed by atoms with van der Waals surface area (Å²) in [6.07, 6.45) is 1.53. The van der Waals surface area contributed by atoms with E-state index in [9.17, 15) is 8.42 Å². The molecule has 0 unspecified atom stereocenters. The molecule has 0 atom stereocenters. The fourth-order valence-electron chi connectivity index (χ4n) is 5.65. The molecular formula is C30H34F2N6O3S. The molecule has 12 heteroatoms. The Labute approximate surface area is 244 Å². The van der Waals surface area contributed by atoms with Crippen LogP contribution in [-0.4, -0.2) is 85.5 Å². The molecule has 42 heavy (non-hydrogen) atoms. The Morgan fingerprint density at radius 3 is 2.33 bits per heavy atom. The van der Waals surface area contributed by atoms with E-state index in [-0.39, 0.29) is 54.0 Å². The van der Waals surface area contributed by atoms with E-state index in [2.05, 4.69) is 51.1 Å². The molecule has 0 aliphatic carbocycles. The minimum atomic E-state index is -3.08. The molecule has 2 saturated heterocycles. The van der Waals surface area contributed by atoms with E-state index in [0.29, 0.717) is 11.1 Å². The highest BCUT2D eigenvalue weighted by Gasteiger charge is 2.25. The molecule has 222 valence electrons. The zero-order chi connectivity index (χ0) is 29.4. The Morgan fingerprint density at radius 2 is 1.67 bits per heavy atom. The number of hydrogen-bond donors (Lipinski definition) is 1. The van der Waals surface area contributed by atoms with Gasteiger partial charge in [-0.2, -0.15) is 4.98 Å². The van der Waals surface area contributed by atoms with Crippen molar-refractivity contribution in [2.75, 3.05) is 67.5 Å². The number of pyridine rings is 1. The summed E-state index contributed by atoms with van der Waals surface area (Å²) < 4.78 is 59.7. The molecule has 0 saturated carbocycles. The number of sulfone groups is 1. The molecule has 0 spiro atoms. The molecule has 4 aromatic rings. The number of rotatable bonds is 7. The van der Waals surface area contributed by atoms with Crippen LogP contribution in [0.4, 0.5) is 26.2 Å². The topological polar surface area (TPSA) is 94.8 Å². The Morgan fingerprint density at radius 1 is 0.952 bits per heavy atom. The average molecular weight is 597 g/mol. The van der Waals surface area contributed by atoms with Crippen LogP contribution < -0.4 is 10.2 Å². The number of nitrogens with zero attached hydrogens (tertiary/aromatic N) is 5. The molecule has 2 aromatic heterocycles. The predicted molar refractivity (Wildman–Crippen MR) is 160 cm³/mol. The summed E-state index contributed by atoms with van der Waals surface area (Å²) in [6.45, 7) is 9.92. The smallest absolute Gasteiger partial charge is 0.300 e. The van der Waals surface area contributed by atoms with Crippen LogP contribution in [0, 0.1) is 18.6 Å². The second kappa shape index (κ2) is 11.6. The summed E-state index contributed by atoms with van der Waals surface area (Å²) in [5.74, 6) is -1.46. The van der Waals surface area contributed by atoms with Crippen molar-refractivity contribution in [2.45, 2.75) is 20.4 Å². The van der Waals surface area contributed by atoms with Crippen LogP contribution in [0.3, 0.4) is 0 Å². The zero-order valence-corrected chi connectivity index (χ0v) is 24.6. The summed E-state index contributed by atoms with van der Waals surface area (Å²) in [6, 6.07) is 10.5. The summed E-state index contributed by atoms with van der Waals surface area (Å²) in [5.41, 5.74) is 4.39. The third-order valence-electron chi connectivity index (χ3n) is 8.15. The highest BCUT2D eigenvalue weighted by Crippen LogP contribution is 2.33. The van der Waals surface area contributed by atoms with E-state index in [0.717, 1.165) is 44.0 Å². The number of aryl methyl sites for hydroxylation is 1.